The predicted octanol–water partition coefficient (Wildman–Crippen LogP) is 4.70. The lowest BCUT2D eigenvalue weighted by atomic mass is 9.93. The van der Waals surface area contributed by atoms with Gasteiger partial charge in [0.1, 0.15) is 0 Å². The summed E-state index contributed by atoms with van der Waals surface area (Å²) in [6.45, 7) is 1.87. The van der Waals surface area contributed by atoms with Crippen molar-refractivity contribution in [3.8, 4) is 0 Å². The first-order valence-corrected chi connectivity index (χ1v) is 7.70. The summed E-state index contributed by atoms with van der Waals surface area (Å²) in [5.41, 5.74) is 0.346. The second kappa shape index (κ2) is 5.74. The molecule has 0 spiro atoms. The van der Waals surface area contributed by atoms with Crippen molar-refractivity contribution in [3.05, 3.63) is 55.6 Å². The third-order valence-corrected chi connectivity index (χ3v) is 4.91. The molecule has 1 heterocycles. The standard InChI is InChI=1S/C14H14BrClOS/c1-14(17,9-13-12(15)6-7-18-13)8-10-2-4-11(16)5-3-10/h2-7,17H,8-9H2,1H3. The van der Waals surface area contributed by atoms with Crippen molar-refractivity contribution in [2.24, 2.45) is 0 Å². The second-order valence-corrected chi connectivity index (χ2v) is 6.96. The Morgan fingerprint density at radius 2 is 1.89 bits per heavy atom. The van der Waals surface area contributed by atoms with E-state index in [0.29, 0.717) is 12.8 Å². The number of hydrogen-bond acceptors (Lipinski definition) is 2. The van der Waals surface area contributed by atoms with E-state index in [-0.39, 0.29) is 0 Å². The molecule has 0 fully saturated rings. The minimum Gasteiger partial charge on any atom is -0.389 e. The molecule has 1 atom stereocenters. The van der Waals surface area contributed by atoms with Crippen LogP contribution in [0.25, 0.3) is 0 Å². The highest BCUT2D eigenvalue weighted by molar-refractivity contribution is 9.10. The van der Waals surface area contributed by atoms with Gasteiger partial charge in [0.2, 0.25) is 0 Å². The molecular weight excluding hydrogens is 332 g/mol. The Balaban J connectivity index is 2.07. The van der Waals surface area contributed by atoms with Crippen LogP contribution in [0.2, 0.25) is 5.02 Å². The fourth-order valence-corrected chi connectivity index (χ4v) is 3.70. The van der Waals surface area contributed by atoms with Gasteiger partial charge in [-0.2, -0.15) is 0 Å². The minimum atomic E-state index is -0.749. The zero-order valence-corrected chi connectivity index (χ0v) is 13.1. The Labute approximate surface area is 125 Å². The van der Waals surface area contributed by atoms with Crippen molar-refractivity contribution < 1.29 is 5.11 Å². The van der Waals surface area contributed by atoms with Gasteiger partial charge in [-0.3, -0.25) is 0 Å². The molecule has 1 aromatic heterocycles. The molecule has 1 unspecified atom stereocenters. The van der Waals surface area contributed by atoms with Crippen molar-refractivity contribution in [1.29, 1.82) is 0 Å². The Morgan fingerprint density at radius 1 is 1.22 bits per heavy atom. The molecule has 18 heavy (non-hydrogen) atoms. The highest BCUT2D eigenvalue weighted by Gasteiger charge is 2.23. The molecule has 2 aromatic rings. The number of rotatable bonds is 4. The van der Waals surface area contributed by atoms with Gasteiger partial charge in [-0.15, -0.1) is 11.3 Å². The van der Waals surface area contributed by atoms with E-state index in [1.54, 1.807) is 11.3 Å². The van der Waals surface area contributed by atoms with Gasteiger partial charge in [-0.25, -0.2) is 0 Å². The fraction of sp³-hybridized carbons (Fsp3) is 0.286. The molecule has 1 N–H and O–H groups in total. The van der Waals surface area contributed by atoms with Gasteiger partial charge in [-0.1, -0.05) is 23.7 Å². The summed E-state index contributed by atoms with van der Waals surface area (Å²) >= 11 is 11.0. The van der Waals surface area contributed by atoms with Crippen LogP contribution in [0.5, 0.6) is 0 Å². The van der Waals surface area contributed by atoms with E-state index in [1.165, 1.54) is 4.88 Å². The molecule has 0 saturated carbocycles. The molecule has 0 saturated heterocycles. The summed E-state index contributed by atoms with van der Waals surface area (Å²) in [7, 11) is 0. The summed E-state index contributed by atoms with van der Waals surface area (Å²) in [5.74, 6) is 0. The van der Waals surface area contributed by atoms with E-state index in [1.807, 2.05) is 42.6 Å². The van der Waals surface area contributed by atoms with Crippen LogP contribution in [0.15, 0.2) is 40.2 Å². The largest absolute Gasteiger partial charge is 0.389 e. The smallest absolute Gasteiger partial charge is 0.0708 e. The van der Waals surface area contributed by atoms with E-state index < -0.39 is 5.60 Å². The summed E-state index contributed by atoms with van der Waals surface area (Å²) in [6, 6.07) is 9.64. The number of aliphatic hydroxyl groups is 1. The van der Waals surface area contributed by atoms with Gasteiger partial charge in [0, 0.05) is 27.2 Å². The van der Waals surface area contributed by atoms with Crippen LogP contribution in [0.1, 0.15) is 17.4 Å². The third-order valence-electron chi connectivity index (χ3n) is 2.73. The Kier molecular flexibility index (Phi) is 4.49. The van der Waals surface area contributed by atoms with Gasteiger partial charge in [0.05, 0.1) is 5.60 Å². The maximum absolute atomic E-state index is 10.5. The van der Waals surface area contributed by atoms with E-state index in [2.05, 4.69) is 15.9 Å². The summed E-state index contributed by atoms with van der Waals surface area (Å²) < 4.78 is 1.07. The number of halogens is 2. The van der Waals surface area contributed by atoms with Crippen LogP contribution in [0, 0.1) is 0 Å². The quantitative estimate of drug-likeness (QED) is 0.851. The van der Waals surface area contributed by atoms with E-state index in [9.17, 15) is 5.11 Å². The zero-order valence-electron chi connectivity index (χ0n) is 9.99. The molecule has 96 valence electrons. The van der Waals surface area contributed by atoms with Crippen molar-refractivity contribution >= 4 is 38.9 Å². The monoisotopic (exact) mass is 344 g/mol. The zero-order chi connectivity index (χ0) is 13.2. The van der Waals surface area contributed by atoms with Crippen molar-refractivity contribution in [3.63, 3.8) is 0 Å². The molecular formula is C14H14BrClOS. The molecule has 0 aliphatic carbocycles. The maximum Gasteiger partial charge on any atom is 0.0708 e. The van der Waals surface area contributed by atoms with Gasteiger partial charge in [-0.05, 0) is 52.0 Å². The lowest BCUT2D eigenvalue weighted by Crippen LogP contribution is -2.29. The van der Waals surface area contributed by atoms with Crippen LogP contribution < -0.4 is 0 Å². The van der Waals surface area contributed by atoms with Gasteiger partial charge in [0.15, 0.2) is 0 Å². The Bertz CT molecular complexity index is 519. The summed E-state index contributed by atoms with van der Waals surface area (Å²) in [5, 5.41) is 13.2. The van der Waals surface area contributed by atoms with E-state index in [0.717, 1.165) is 15.1 Å². The Hall–Kier alpha value is -0.350. The average Bonchev–Trinajstić information content (AvgIpc) is 2.67. The van der Waals surface area contributed by atoms with Crippen LogP contribution in [-0.2, 0) is 12.8 Å². The Morgan fingerprint density at radius 3 is 2.44 bits per heavy atom. The molecule has 1 aromatic carbocycles. The lowest BCUT2D eigenvalue weighted by molar-refractivity contribution is 0.0615. The molecule has 0 aliphatic rings. The van der Waals surface area contributed by atoms with Crippen LogP contribution >= 0.6 is 38.9 Å². The molecule has 0 radical (unpaired) electrons. The first kappa shape index (κ1) is 14.1. The van der Waals surface area contributed by atoms with Crippen molar-refractivity contribution in [2.45, 2.75) is 25.4 Å². The van der Waals surface area contributed by atoms with Crippen LogP contribution in [0.3, 0.4) is 0 Å². The van der Waals surface area contributed by atoms with Crippen LogP contribution in [-0.4, -0.2) is 10.7 Å². The lowest BCUT2D eigenvalue weighted by Gasteiger charge is -2.23. The van der Waals surface area contributed by atoms with Crippen molar-refractivity contribution in [2.75, 3.05) is 0 Å². The SMILES string of the molecule is CC(O)(Cc1ccc(Cl)cc1)Cc1sccc1Br. The second-order valence-electron chi connectivity index (χ2n) is 4.67. The first-order chi connectivity index (χ1) is 8.46. The maximum atomic E-state index is 10.5. The van der Waals surface area contributed by atoms with Gasteiger partial charge in [0.25, 0.3) is 0 Å². The molecule has 0 bridgehead atoms. The molecule has 0 amide bonds. The highest BCUT2D eigenvalue weighted by Crippen LogP contribution is 2.28. The van der Waals surface area contributed by atoms with Crippen LogP contribution in [0.4, 0.5) is 0 Å². The summed E-state index contributed by atoms with van der Waals surface area (Å²) in [4.78, 5) is 1.17. The third kappa shape index (κ3) is 3.82. The van der Waals surface area contributed by atoms with Crippen molar-refractivity contribution in [1.82, 2.24) is 0 Å². The topological polar surface area (TPSA) is 20.2 Å². The minimum absolute atomic E-state index is 0.620. The fourth-order valence-electron chi connectivity index (χ4n) is 1.90. The predicted molar refractivity (Wildman–Crippen MR) is 81.5 cm³/mol. The normalized spacial score (nSPS) is 14.4. The number of benzene rings is 1. The van der Waals surface area contributed by atoms with E-state index in [4.69, 9.17) is 11.6 Å². The molecule has 2 rings (SSSR count). The first-order valence-electron chi connectivity index (χ1n) is 5.65. The van der Waals surface area contributed by atoms with Gasteiger partial charge < -0.3 is 5.11 Å². The highest BCUT2D eigenvalue weighted by atomic mass is 79.9. The molecule has 1 nitrogen and oxygen atoms in total. The molecule has 0 aliphatic heterocycles. The van der Waals surface area contributed by atoms with E-state index >= 15 is 0 Å². The number of hydrogen-bond donors (Lipinski definition) is 1. The number of thiophene rings is 1. The van der Waals surface area contributed by atoms with Gasteiger partial charge >= 0.3 is 0 Å². The summed E-state index contributed by atoms with van der Waals surface area (Å²) in [6.07, 6.45) is 1.27. The molecule has 4 heteroatoms. The average molecular weight is 346 g/mol.